The molecular weight excluding hydrogens is 264 g/mol. The summed E-state index contributed by atoms with van der Waals surface area (Å²) in [6.07, 6.45) is 3.46. The van der Waals surface area contributed by atoms with E-state index in [1.807, 2.05) is 12.1 Å². The second-order valence-corrected chi connectivity index (χ2v) is 5.47. The van der Waals surface area contributed by atoms with Crippen molar-refractivity contribution in [2.45, 2.75) is 19.3 Å². The fourth-order valence-corrected chi connectivity index (χ4v) is 3.13. The van der Waals surface area contributed by atoms with Crippen LogP contribution in [0.2, 0.25) is 0 Å². The van der Waals surface area contributed by atoms with Gasteiger partial charge in [0.25, 0.3) is 11.8 Å². The maximum Gasteiger partial charge on any atom is 0.261 e. The van der Waals surface area contributed by atoms with E-state index in [0.717, 1.165) is 18.5 Å². The summed E-state index contributed by atoms with van der Waals surface area (Å²) in [5.41, 5.74) is 5.28. The van der Waals surface area contributed by atoms with Gasteiger partial charge in [-0.15, -0.1) is 0 Å². The quantitative estimate of drug-likeness (QED) is 0.830. The molecule has 1 aliphatic carbocycles. The molecule has 21 heavy (non-hydrogen) atoms. The van der Waals surface area contributed by atoms with Crippen molar-refractivity contribution in [2.75, 3.05) is 5.32 Å². The third-order valence-electron chi connectivity index (χ3n) is 4.14. The molecule has 4 heteroatoms. The molecule has 4 rings (SSSR count). The first-order valence-corrected chi connectivity index (χ1v) is 7.10. The van der Waals surface area contributed by atoms with Crippen LogP contribution in [-0.2, 0) is 12.8 Å². The normalized spacial score (nSPS) is 15.6. The van der Waals surface area contributed by atoms with Crippen molar-refractivity contribution < 1.29 is 9.59 Å². The average Bonchev–Trinajstić information content (AvgIpc) is 3.04. The number of anilines is 2. The molecule has 0 unspecified atom stereocenters. The lowest BCUT2D eigenvalue weighted by molar-refractivity contribution is 0.0880. The molecule has 4 nitrogen and oxygen atoms in total. The summed E-state index contributed by atoms with van der Waals surface area (Å²) in [5.74, 6) is -0.660. The molecule has 0 radical (unpaired) electrons. The van der Waals surface area contributed by atoms with Gasteiger partial charge < -0.3 is 5.32 Å². The van der Waals surface area contributed by atoms with E-state index in [2.05, 4.69) is 22.8 Å². The minimum Gasteiger partial charge on any atom is -0.355 e. The number of hydrogen-bond acceptors (Lipinski definition) is 3. The maximum absolute atomic E-state index is 11.9. The molecule has 1 aliphatic heterocycles. The monoisotopic (exact) mass is 278 g/mol. The summed E-state index contributed by atoms with van der Waals surface area (Å²) < 4.78 is 0. The zero-order chi connectivity index (χ0) is 14.4. The molecule has 0 bridgehead atoms. The van der Waals surface area contributed by atoms with E-state index >= 15 is 0 Å². The lowest BCUT2D eigenvalue weighted by Crippen LogP contribution is -2.20. The fourth-order valence-electron chi connectivity index (χ4n) is 3.13. The van der Waals surface area contributed by atoms with Crippen molar-refractivity contribution in [3.63, 3.8) is 0 Å². The topological polar surface area (TPSA) is 58.2 Å². The number of carbonyl (C=O) groups excluding carboxylic acids is 2. The van der Waals surface area contributed by atoms with Gasteiger partial charge in [0.15, 0.2) is 0 Å². The van der Waals surface area contributed by atoms with Crippen molar-refractivity contribution >= 4 is 23.2 Å². The van der Waals surface area contributed by atoms with Crippen LogP contribution in [0.1, 0.15) is 38.3 Å². The van der Waals surface area contributed by atoms with Gasteiger partial charge in [-0.25, -0.2) is 0 Å². The third kappa shape index (κ3) is 1.91. The third-order valence-corrected chi connectivity index (χ3v) is 4.14. The van der Waals surface area contributed by atoms with Gasteiger partial charge >= 0.3 is 0 Å². The first kappa shape index (κ1) is 12.1. The molecule has 2 N–H and O–H groups in total. The smallest absolute Gasteiger partial charge is 0.261 e. The van der Waals surface area contributed by atoms with E-state index in [1.165, 1.54) is 17.5 Å². The van der Waals surface area contributed by atoms with Crippen LogP contribution in [0.15, 0.2) is 36.4 Å². The number of imide groups is 1. The highest BCUT2D eigenvalue weighted by Crippen LogP contribution is 2.30. The number of rotatable bonds is 2. The first-order valence-electron chi connectivity index (χ1n) is 7.10. The van der Waals surface area contributed by atoms with Crippen LogP contribution in [0.4, 0.5) is 11.4 Å². The summed E-state index contributed by atoms with van der Waals surface area (Å²) in [6, 6.07) is 11.6. The predicted octanol–water partition coefficient (Wildman–Crippen LogP) is 2.80. The molecule has 104 valence electrons. The molecule has 0 aromatic heterocycles. The Hall–Kier alpha value is -2.62. The lowest BCUT2D eigenvalue weighted by atomic mass is 10.1. The van der Waals surface area contributed by atoms with Crippen molar-refractivity contribution in [3.05, 3.63) is 58.7 Å². The Morgan fingerprint density at radius 1 is 0.952 bits per heavy atom. The number of aryl methyl sites for hydroxylation is 2. The van der Waals surface area contributed by atoms with E-state index in [9.17, 15) is 9.59 Å². The molecule has 0 spiro atoms. The molecule has 2 aliphatic rings. The Balaban J connectivity index is 1.73. The van der Waals surface area contributed by atoms with Gasteiger partial charge in [0.2, 0.25) is 0 Å². The number of hydrogen-bond donors (Lipinski definition) is 2. The summed E-state index contributed by atoms with van der Waals surface area (Å²) >= 11 is 0. The van der Waals surface area contributed by atoms with E-state index in [0.29, 0.717) is 16.8 Å². The van der Waals surface area contributed by atoms with E-state index < -0.39 is 0 Å². The molecule has 2 aromatic carbocycles. The number of fused-ring (bicyclic) bond motifs is 2. The van der Waals surface area contributed by atoms with Gasteiger partial charge in [0.05, 0.1) is 16.8 Å². The number of carbonyl (C=O) groups is 2. The Kier molecular flexibility index (Phi) is 2.57. The maximum atomic E-state index is 11.9. The molecular formula is C17H14N2O2. The minimum atomic E-state index is -0.334. The highest BCUT2D eigenvalue weighted by molar-refractivity contribution is 6.24. The van der Waals surface area contributed by atoms with Gasteiger partial charge in [-0.2, -0.15) is 0 Å². The fraction of sp³-hybridized carbons (Fsp3) is 0.176. The molecule has 2 aromatic rings. The second-order valence-electron chi connectivity index (χ2n) is 5.47. The highest BCUT2D eigenvalue weighted by atomic mass is 16.2. The number of amides is 2. The van der Waals surface area contributed by atoms with Crippen molar-refractivity contribution in [1.82, 2.24) is 5.32 Å². The predicted molar refractivity (Wildman–Crippen MR) is 80.0 cm³/mol. The second kappa shape index (κ2) is 4.45. The van der Waals surface area contributed by atoms with Gasteiger partial charge in [-0.1, -0.05) is 12.1 Å². The zero-order valence-corrected chi connectivity index (χ0v) is 11.4. The van der Waals surface area contributed by atoms with Crippen LogP contribution in [0.25, 0.3) is 0 Å². The van der Waals surface area contributed by atoms with Crippen LogP contribution < -0.4 is 10.6 Å². The SMILES string of the molecule is O=C1NC(=O)c2c(Nc3ccc4c(c3)CCC4)cccc21. The van der Waals surface area contributed by atoms with Crippen LogP contribution in [0, 0.1) is 0 Å². The standard InChI is InChI=1S/C17H14N2O2/c20-16-13-5-2-6-14(15(13)17(21)19-16)18-12-8-7-10-3-1-4-11(10)9-12/h2,5-9,18H,1,3-4H2,(H,19,20,21). The van der Waals surface area contributed by atoms with Gasteiger partial charge in [0, 0.05) is 5.69 Å². The van der Waals surface area contributed by atoms with Crippen molar-refractivity contribution in [2.24, 2.45) is 0 Å². The van der Waals surface area contributed by atoms with Crippen LogP contribution in [0.5, 0.6) is 0 Å². The van der Waals surface area contributed by atoms with E-state index in [-0.39, 0.29) is 11.8 Å². The van der Waals surface area contributed by atoms with Crippen LogP contribution >= 0.6 is 0 Å². The number of nitrogens with one attached hydrogen (secondary N) is 2. The minimum absolute atomic E-state index is 0.326. The van der Waals surface area contributed by atoms with Crippen molar-refractivity contribution in [1.29, 1.82) is 0 Å². The Morgan fingerprint density at radius 3 is 2.71 bits per heavy atom. The Labute approximate surface area is 122 Å². The largest absolute Gasteiger partial charge is 0.355 e. The summed E-state index contributed by atoms with van der Waals surface area (Å²) in [7, 11) is 0. The number of benzene rings is 2. The molecule has 0 atom stereocenters. The molecule has 0 saturated carbocycles. The lowest BCUT2D eigenvalue weighted by Gasteiger charge is -2.11. The molecule has 0 saturated heterocycles. The van der Waals surface area contributed by atoms with E-state index in [4.69, 9.17) is 0 Å². The first-order chi connectivity index (χ1) is 10.2. The summed E-state index contributed by atoms with van der Waals surface area (Å²) in [5, 5.41) is 5.60. The highest BCUT2D eigenvalue weighted by Gasteiger charge is 2.29. The van der Waals surface area contributed by atoms with Crippen molar-refractivity contribution in [3.8, 4) is 0 Å². The zero-order valence-electron chi connectivity index (χ0n) is 11.4. The Morgan fingerprint density at radius 2 is 1.81 bits per heavy atom. The van der Waals surface area contributed by atoms with Crippen LogP contribution in [-0.4, -0.2) is 11.8 Å². The van der Waals surface area contributed by atoms with Gasteiger partial charge in [-0.3, -0.25) is 14.9 Å². The molecule has 1 heterocycles. The van der Waals surface area contributed by atoms with E-state index in [1.54, 1.807) is 12.1 Å². The molecule has 2 amide bonds. The molecule has 0 fully saturated rings. The summed E-state index contributed by atoms with van der Waals surface area (Å²) in [6.45, 7) is 0. The van der Waals surface area contributed by atoms with Gasteiger partial charge in [0.1, 0.15) is 0 Å². The van der Waals surface area contributed by atoms with Gasteiger partial charge in [-0.05, 0) is 54.7 Å². The Bertz CT molecular complexity index is 780. The summed E-state index contributed by atoms with van der Waals surface area (Å²) in [4.78, 5) is 23.6. The van der Waals surface area contributed by atoms with Crippen LogP contribution in [0.3, 0.4) is 0 Å². The average molecular weight is 278 g/mol.